The Balaban J connectivity index is 2.03. The van der Waals surface area contributed by atoms with Crippen LogP contribution in [0.2, 0.25) is 0 Å². The Kier molecular flexibility index (Phi) is 8.59. The molecule has 0 heterocycles. The highest BCUT2D eigenvalue weighted by molar-refractivity contribution is 6.04. The van der Waals surface area contributed by atoms with E-state index in [9.17, 15) is 14.4 Å². The standard InChI is InChI=1S/C22H24N2O5/c1-29-20(26)13-12-17-8-10-18(11-9-17)16-24(14-5-15-25)22(28)23-21(27)19-6-3-2-4-7-19/h2-4,6-13,25H,5,14-16H2,1H3,(H,23,27,28). The van der Waals surface area contributed by atoms with Gasteiger partial charge in [0.05, 0.1) is 7.11 Å². The van der Waals surface area contributed by atoms with E-state index in [4.69, 9.17) is 5.11 Å². The Morgan fingerprint density at radius 1 is 1.07 bits per heavy atom. The molecule has 0 aliphatic rings. The molecular weight excluding hydrogens is 372 g/mol. The van der Waals surface area contributed by atoms with Crippen LogP contribution in [-0.4, -0.2) is 48.2 Å². The SMILES string of the molecule is COC(=O)C=Cc1ccc(CN(CCCO)C(=O)NC(=O)c2ccccc2)cc1. The van der Waals surface area contributed by atoms with Crippen LogP contribution in [0.25, 0.3) is 6.08 Å². The molecule has 0 saturated carbocycles. The molecule has 2 N–H and O–H groups in total. The summed E-state index contributed by atoms with van der Waals surface area (Å²) in [6, 6.07) is 15.2. The van der Waals surface area contributed by atoms with Gasteiger partial charge in [0, 0.05) is 31.3 Å². The third-order valence-electron chi connectivity index (χ3n) is 4.10. The number of hydrogen-bond donors (Lipinski definition) is 2. The molecule has 0 fully saturated rings. The summed E-state index contributed by atoms with van der Waals surface area (Å²) in [4.78, 5) is 37.4. The van der Waals surface area contributed by atoms with Crippen molar-refractivity contribution in [1.82, 2.24) is 10.2 Å². The smallest absolute Gasteiger partial charge is 0.330 e. The maximum Gasteiger partial charge on any atom is 0.330 e. The molecule has 0 atom stereocenters. The number of rotatable bonds is 8. The lowest BCUT2D eigenvalue weighted by molar-refractivity contribution is -0.134. The number of benzene rings is 2. The van der Waals surface area contributed by atoms with Crippen LogP contribution in [0.1, 0.15) is 27.9 Å². The van der Waals surface area contributed by atoms with Crippen molar-refractivity contribution < 1.29 is 24.2 Å². The Morgan fingerprint density at radius 2 is 1.76 bits per heavy atom. The number of urea groups is 1. The van der Waals surface area contributed by atoms with Gasteiger partial charge in [0.15, 0.2) is 0 Å². The highest BCUT2D eigenvalue weighted by atomic mass is 16.5. The van der Waals surface area contributed by atoms with Crippen molar-refractivity contribution in [1.29, 1.82) is 0 Å². The predicted molar refractivity (Wildman–Crippen MR) is 109 cm³/mol. The van der Waals surface area contributed by atoms with Crippen molar-refractivity contribution in [3.63, 3.8) is 0 Å². The second-order valence-electron chi connectivity index (χ2n) is 6.22. The van der Waals surface area contributed by atoms with Crippen molar-refractivity contribution in [3.8, 4) is 0 Å². The number of methoxy groups -OCH3 is 1. The van der Waals surface area contributed by atoms with Gasteiger partial charge in [-0.05, 0) is 35.8 Å². The average Bonchev–Trinajstić information content (AvgIpc) is 2.76. The monoisotopic (exact) mass is 396 g/mol. The van der Waals surface area contributed by atoms with E-state index in [1.54, 1.807) is 36.4 Å². The minimum Gasteiger partial charge on any atom is -0.466 e. The summed E-state index contributed by atoms with van der Waals surface area (Å²) in [7, 11) is 1.31. The number of imide groups is 1. The van der Waals surface area contributed by atoms with Crippen LogP contribution >= 0.6 is 0 Å². The lowest BCUT2D eigenvalue weighted by Gasteiger charge is -2.22. The van der Waals surface area contributed by atoms with E-state index in [1.165, 1.54) is 18.1 Å². The van der Waals surface area contributed by atoms with Gasteiger partial charge in [-0.25, -0.2) is 9.59 Å². The fourth-order valence-electron chi connectivity index (χ4n) is 2.54. The van der Waals surface area contributed by atoms with Crippen LogP contribution < -0.4 is 5.32 Å². The zero-order valence-corrected chi connectivity index (χ0v) is 16.2. The number of aliphatic hydroxyl groups is 1. The van der Waals surface area contributed by atoms with Crippen molar-refractivity contribution in [3.05, 3.63) is 77.4 Å². The third-order valence-corrected chi connectivity index (χ3v) is 4.10. The number of esters is 1. The van der Waals surface area contributed by atoms with Crippen molar-refractivity contribution in [2.24, 2.45) is 0 Å². The Morgan fingerprint density at radius 3 is 2.38 bits per heavy atom. The van der Waals surface area contributed by atoms with Crippen LogP contribution in [0.4, 0.5) is 4.79 Å². The summed E-state index contributed by atoms with van der Waals surface area (Å²) in [6.45, 7) is 0.511. The number of ether oxygens (including phenoxy) is 1. The van der Waals surface area contributed by atoms with Gasteiger partial charge in [-0.15, -0.1) is 0 Å². The summed E-state index contributed by atoms with van der Waals surface area (Å²) in [5.74, 6) is -0.920. The molecule has 3 amide bonds. The first-order valence-electron chi connectivity index (χ1n) is 9.14. The number of nitrogens with zero attached hydrogens (tertiary/aromatic N) is 1. The molecule has 152 valence electrons. The molecule has 2 aromatic carbocycles. The summed E-state index contributed by atoms with van der Waals surface area (Å²) < 4.78 is 4.55. The average molecular weight is 396 g/mol. The van der Waals surface area contributed by atoms with E-state index in [-0.39, 0.29) is 13.2 Å². The summed E-state index contributed by atoms with van der Waals surface area (Å²) in [5, 5.41) is 11.5. The first-order valence-corrected chi connectivity index (χ1v) is 9.14. The largest absolute Gasteiger partial charge is 0.466 e. The van der Waals surface area contributed by atoms with Crippen molar-refractivity contribution in [2.75, 3.05) is 20.3 Å². The molecule has 0 unspecified atom stereocenters. The quantitative estimate of drug-likeness (QED) is 0.528. The molecule has 0 aliphatic carbocycles. The van der Waals surface area contributed by atoms with Crippen molar-refractivity contribution >= 4 is 24.0 Å². The molecule has 0 aromatic heterocycles. The van der Waals surface area contributed by atoms with Crippen LogP contribution in [0.5, 0.6) is 0 Å². The van der Waals surface area contributed by atoms with Gasteiger partial charge in [0.2, 0.25) is 0 Å². The molecule has 0 radical (unpaired) electrons. The number of carbonyl (C=O) groups is 3. The van der Waals surface area contributed by atoms with Gasteiger partial charge in [-0.2, -0.15) is 0 Å². The summed E-state index contributed by atoms with van der Waals surface area (Å²) in [6.07, 6.45) is 3.35. The minimum absolute atomic E-state index is 0.0618. The number of aliphatic hydroxyl groups excluding tert-OH is 1. The van der Waals surface area contributed by atoms with Crippen LogP contribution in [0.15, 0.2) is 60.7 Å². The maximum absolute atomic E-state index is 12.6. The van der Waals surface area contributed by atoms with Crippen LogP contribution in [-0.2, 0) is 16.1 Å². The fourth-order valence-corrected chi connectivity index (χ4v) is 2.54. The lowest BCUT2D eigenvalue weighted by Crippen LogP contribution is -2.43. The van der Waals surface area contributed by atoms with Gasteiger partial charge >= 0.3 is 12.0 Å². The number of hydrogen-bond acceptors (Lipinski definition) is 5. The van der Waals surface area contributed by atoms with E-state index in [0.717, 1.165) is 11.1 Å². The van der Waals surface area contributed by atoms with Crippen molar-refractivity contribution in [2.45, 2.75) is 13.0 Å². The topological polar surface area (TPSA) is 95.9 Å². The van der Waals surface area contributed by atoms with Crippen LogP contribution in [0, 0.1) is 0 Å². The molecule has 7 nitrogen and oxygen atoms in total. The van der Waals surface area contributed by atoms with Gasteiger partial charge in [0.25, 0.3) is 5.91 Å². The molecule has 0 bridgehead atoms. The van der Waals surface area contributed by atoms with Gasteiger partial charge in [-0.1, -0.05) is 42.5 Å². The Hall–Kier alpha value is -3.45. The Bertz CT molecular complexity index is 847. The van der Waals surface area contributed by atoms with E-state index in [0.29, 0.717) is 18.5 Å². The van der Waals surface area contributed by atoms with Gasteiger partial charge < -0.3 is 14.7 Å². The van der Waals surface area contributed by atoms with Gasteiger partial charge in [-0.3, -0.25) is 10.1 Å². The lowest BCUT2D eigenvalue weighted by atomic mass is 10.1. The molecular formula is C22H24N2O5. The molecule has 0 saturated heterocycles. The van der Waals surface area contributed by atoms with E-state index in [1.807, 2.05) is 24.3 Å². The maximum atomic E-state index is 12.6. The number of carbonyl (C=O) groups excluding carboxylic acids is 3. The highest BCUT2D eigenvalue weighted by Crippen LogP contribution is 2.10. The molecule has 0 spiro atoms. The normalized spacial score (nSPS) is 10.6. The van der Waals surface area contributed by atoms with E-state index < -0.39 is 17.9 Å². The summed E-state index contributed by atoms with van der Waals surface area (Å²) >= 11 is 0. The van der Waals surface area contributed by atoms with Gasteiger partial charge in [0.1, 0.15) is 0 Å². The minimum atomic E-state index is -0.526. The fraction of sp³-hybridized carbons (Fsp3) is 0.227. The van der Waals surface area contributed by atoms with Crippen LogP contribution in [0.3, 0.4) is 0 Å². The molecule has 0 aliphatic heterocycles. The second-order valence-corrected chi connectivity index (χ2v) is 6.22. The second kappa shape index (κ2) is 11.4. The van der Waals surface area contributed by atoms with E-state index >= 15 is 0 Å². The third kappa shape index (κ3) is 7.23. The highest BCUT2D eigenvalue weighted by Gasteiger charge is 2.17. The molecule has 29 heavy (non-hydrogen) atoms. The number of nitrogens with one attached hydrogen (secondary N) is 1. The number of amides is 3. The first-order chi connectivity index (χ1) is 14.0. The summed E-state index contributed by atoms with van der Waals surface area (Å²) in [5.41, 5.74) is 2.05. The first kappa shape index (κ1) is 21.8. The molecule has 2 rings (SSSR count). The van der Waals surface area contributed by atoms with E-state index in [2.05, 4.69) is 10.1 Å². The zero-order chi connectivity index (χ0) is 21.1. The Labute approximate surface area is 169 Å². The molecule has 7 heteroatoms. The zero-order valence-electron chi connectivity index (χ0n) is 16.2. The molecule has 2 aromatic rings. The predicted octanol–water partition coefficient (Wildman–Crippen LogP) is 2.61.